The first-order valence-corrected chi connectivity index (χ1v) is 10.4. The van der Waals surface area contributed by atoms with Crippen LogP contribution in [-0.2, 0) is 6.54 Å². The van der Waals surface area contributed by atoms with Gasteiger partial charge in [0.05, 0.1) is 22.3 Å². The third-order valence-corrected chi connectivity index (χ3v) is 5.73. The predicted molar refractivity (Wildman–Crippen MR) is 117 cm³/mol. The van der Waals surface area contributed by atoms with Crippen molar-refractivity contribution >= 4 is 40.7 Å². The molecule has 5 rings (SSSR count). The molecule has 11 heteroatoms. The van der Waals surface area contributed by atoms with Gasteiger partial charge in [-0.3, -0.25) is 9.98 Å². The number of nitrogens with one attached hydrogen (secondary N) is 3. The minimum absolute atomic E-state index is 0.242. The van der Waals surface area contributed by atoms with E-state index in [0.717, 1.165) is 18.4 Å². The molecule has 0 saturated heterocycles. The van der Waals surface area contributed by atoms with Gasteiger partial charge >= 0.3 is 5.69 Å². The Hall–Kier alpha value is -3.30. The fourth-order valence-corrected chi connectivity index (χ4v) is 3.54. The van der Waals surface area contributed by atoms with E-state index in [2.05, 4.69) is 25.4 Å². The molecule has 4 N–H and O–H groups in total. The average molecular weight is 458 g/mol. The number of fused-ring (bicyclic) bond motifs is 1. The van der Waals surface area contributed by atoms with Gasteiger partial charge in [-0.05, 0) is 30.5 Å². The highest BCUT2D eigenvalue weighted by Crippen LogP contribution is 2.26. The molecule has 0 amide bonds. The van der Waals surface area contributed by atoms with Crippen LogP contribution in [0.2, 0.25) is 10.0 Å². The Balaban J connectivity index is 1.59. The van der Waals surface area contributed by atoms with E-state index < -0.39 is 5.69 Å². The largest absolute Gasteiger partial charge is 0.493 e. The lowest BCUT2D eigenvalue weighted by Gasteiger charge is -2.09. The van der Waals surface area contributed by atoms with Gasteiger partial charge in [0.1, 0.15) is 11.5 Å². The Morgan fingerprint density at radius 3 is 2.90 bits per heavy atom. The van der Waals surface area contributed by atoms with Crippen molar-refractivity contribution in [2.75, 3.05) is 5.32 Å². The summed E-state index contributed by atoms with van der Waals surface area (Å²) in [4.78, 5) is 25.6. The molecule has 0 spiro atoms. The third-order valence-electron chi connectivity index (χ3n) is 4.87. The number of halogens is 2. The summed E-state index contributed by atoms with van der Waals surface area (Å²) in [5.41, 5.74) is 1.78. The van der Waals surface area contributed by atoms with Crippen LogP contribution in [0.4, 0.5) is 5.82 Å². The van der Waals surface area contributed by atoms with Gasteiger partial charge in [0.2, 0.25) is 5.88 Å². The number of hydrogen-bond donors (Lipinski definition) is 4. The van der Waals surface area contributed by atoms with Gasteiger partial charge < -0.3 is 15.4 Å². The second-order valence-electron chi connectivity index (χ2n) is 7.25. The number of anilines is 1. The van der Waals surface area contributed by atoms with Crippen molar-refractivity contribution in [3.05, 3.63) is 73.0 Å². The lowest BCUT2D eigenvalue weighted by Crippen LogP contribution is -2.20. The Kier molecular flexibility index (Phi) is 4.91. The number of H-pyrrole nitrogens is 2. The number of imidazole rings is 1. The zero-order valence-electron chi connectivity index (χ0n) is 16.1. The van der Waals surface area contributed by atoms with Crippen LogP contribution in [0.25, 0.3) is 11.7 Å². The normalized spacial score (nSPS) is 15.2. The minimum Gasteiger partial charge on any atom is -0.493 e. The third kappa shape index (κ3) is 4.01. The smallest absolute Gasteiger partial charge is 0.326 e. The molecule has 31 heavy (non-hydrogen) atoms. The topological polar surface area (TPSA) is 123 Å². The molecule has 0 aliphatic heterocycles. The quantitative estimate of drug-likeness (QED) is 0.364. The van der Waals surface area contributed by atoms with Crippen LogP contribution in [-0.4, -0.2) is 35.7 Å². The molecule has 0 atom stereocenters. The van der Waals surface area contributed by atoms with Gasteiger partial charge in [-0.1, -0.05) is 35.3 Å². The van der Waals surface area contributed by atoms with Gasteiger partial charge in [-0.25, -0.2) is 9.78 Å². The van der Waals surface area contributed by atoms with Crippen molar-refractivity contribution in [3.8, 4) is 5.88 Å². The molecule has 3 heterocycles. The van der Waals surface area contributed by atoms with E-state index >= 15 is 0 Å². The molecule has 1 aliphatic rings. The molecule has 1 aliphatic carbocycles. The Morgan fingerprint density at radius 2 is 2.16 bits per heavy atom. The maximum atomic E-state index is 11.4. The molecular formula is C20H17Cl2N7O2. The van der Waals surface area contributed by atoms with Crippen molar-refractivity contribution in [1.29, 1.82) is 0 Å². The van der Waals surface area contributed by atoms with E-state index in [0.29, 0.717) is 38.8 Å². The van der Waals surface area contributed by atoms with Crippen molar-refractivity contribution in [3.63, 3.8) is 0 Å². The summed E-state index contributed by atoms with van der Waals surface area (Å²) in [6.07, 6.45) is 5.30. The number of nitrogens with zero attached hydrogens (tertiary/aromatic N) is 4. The summed E-state index contributed by atoms with van der Waals surface area (Å²) in [7, 11) is 0. The van der Waals surface area contributed by atoms with Crippen LogP contribution in [0.3, 0.4) is 0 Å². The molecule has 0 unspecified atom stereocenters. The Morgan fingerprint density at radius 1 is 1.32 bits per heavy atom. The van der Waals surface area contributed by atoms with Crippen LogP contribution in [0, 0.1) is 0 Å². The number of aromatic hydroxyl groups is 1. The van der Waals surface area contributed by atoms with Crippen LogP contribution in [0.1, 0.15) is 24.1 Å². The van der Waals surface area contributed by atoms with Crippen LogP contribution in [0.5, 0.6) is 5.88 Å². The van der Waals surface area contributed by atoms with Gasteiger partial charge in [-0.15, -0.1) is 0 Å². The SMILES string of the molecule is O=c1[nH]c(O)c(C=c2cnn3c(=NC4CC4)cc(NCc4cccc(Cl)c4Cl)nc23)[nH]1. The van der Waals surface area contributed by atoms with E-state index in [9.17, 15) is 9.90 Å². The molecule has 158 valence electrons. The van der Waals surface area contributed by atoms with Crippen molar-refractivity contribution in [2.45, 2.75) is 25.4 Å². The summed E-state index contributed by atoms with van der Waals surface area (Å²) in [5, 5.41) is 19.1. The summed E-state index contributed by atoms with van der Waals surface area (Å²) in [5.74, 6) is 0.335. The summed E-state index contributed by atoms with van der Waals surface area (Å²) in [6, 6.07) is 7.57. The number of aromatic amines is 2. The first-order chi connectivity index (χ1) is 15.0. The maximum Gasteiger partial charge on any atom is 0.326 e. The molecule has 1 fully saturated rings. The van der Waals surface area contributed by atoms with Crippen LogP contribution < -0.4 is 21.7 Å². The predicted octanol–water partition coefficient (Wildman–Crippen LogP) is 1.98. The van der Waals surface area contributed by atoms with Crippen molar-refractivity contribution in [2.24, 2.45) is 4.99 Å². The monoisotopic (exact) mass is 457 g/mol. The van der Waals surface area contributed by atoms with Crippen LogP contribution >= 0.6 is 23.2 Å². The van der Waals surface area contributed by atoms with E-state index in [-0.39, 0.29) is 17.6 Å². The highest BCUT2D eigenvalue weighted by molar-refractivity contribution is 6.42. The number of benzene rings is 1. The first-order valence-electron chi connectivity index (χ1n) is 9.60. The van der Waals surface area contributed by atoms with E-state index in [1.54, 1.807) is 22.9 Å². The van der Waals surface area contributed by atoms with Gasteiger partial charge in [0, 0.05) is 17.8 Å². The molecular weight excluding hydrogens is 441 g/mol. The lowest BCUT2D eigenvalue weighted by atomic mass is 10.2. The number of rotatable bonds is 5. The second-order valence-corrected chi connectivity index (χ2v) is 8.03. The van der Waals surface area contributed by atoms with Gasteiger partial charge in [-0.2, -0.15) is 9.61 Å². The molecule has 0 radical (unpaired) electrons. The average Bonchev–Trinajstić information content (AvgIpc) is 3.37. The summed E-state index contributed by atoms with van der Waals surface area (Å²) >= 11 is 12.4. The zero-order chi connectivity index (χ0) is 21.5. The highest BCUT2D eigenvalue weighted by atomic mass is 35.5. The van der Waals surface area contributed by atoms with Crippen molar-refractivity contribution in [1.82, 2.24) is 24.6 Å². The highest BCUT2D eigenvalue weighted by Gasteiger charge is 2.20. The van der Waals surface area contributed by atoms with E-state index in [1.807, 2.05) is 18.2 Å². The Bertz CT molecular complexity index is 1470. The summed E-state index contributed by atoms with van der Waals surface area (Å²) in [6.45, 7) is 0.421. The molecule has 4 aromatic rings. The molecule has 9 nitrogen and oxygen atoms in total. The minimum atomic E-state index is -0.502. The number of hydrogen-bond acceptors (Lipinski definition) is 6. The fourth-order valence-electron chi connectivity index (χ4n) is 3.16. The zero-order valence-corrected chi connectivity index (χ0v) is 17.6. The number of aromatic nitrogens is 5. The molecule has 0 bridgehead atoms. The van der Waals surface area contributed by atoms with Gasteiger partial charge in [0.25, 0.3) is 0 Å². The van der Waals surface area contributed by atoms with Crippen molar-refractivity contribution < 1.29 is 5.11 Å². The lowest BCUT2D eigenvalue weighted by molar-refractivity contribution is 0.454. The Labute approximate surface area is 185 Å². The van der Waals surface area contributed by atoms with E-state index in [1.165, 1.54) is 0 Å². The standard InChI is InChI=1S/C20H17Cl2N7O2/c21-13-3-1-2-10(17(13)22)8-23-15-7-16(25-12-4-5-12)29-18(27-15)11(9-24-29)6-14-19(30)28-20(31)26-14/h1-3,6-7,9,12,23,30H,4-5,8H2,(H2,26,28,31). The molecule has 3 aromatic heterocycles. The maximum absolute atomic E-state index is 11.4. The fraction of sp³-hybridized carbons (Fsp3) is 0.200. The van der Waals surface area contributed by atoms with Crippen LogP contribution in [0.15, 0.2) is 40.2 Å². The second kappa shape index (κ2) is 7.75. The van der Waals surface area contributed by atoms with E-state index in [4.69, 9.17) is 28.2 Å². The first kappa shape index (κ1) is 19.7. The molecule has 1 saturated carbocycles. The summed E-state index contributed by atoms with van der Waals surface area (Å²) < 4.78 is 1.64. The van der Waals surface area contributed by atoms with Gasteiger partial charge in [0.15, 0.2) is 11.1 Å². The molecule has 1 aromatic carbocycles.